The monoisotopic (exact) mass is 457 g/mol. The molecule has 2 aliphatic heterocycles. The fourth-order valence-electron chi connectivity index (χ4n) is 4.91. The maximum absolute atomic E-state index is 12.5. The van der Waals surface area contributed by atoms with Crippen LogP contribution in [0.25, 0.3) is 10.8 Å². The Morgan fingerprint density at radius 1 is 1.03 bits per heavy atom. The zero-order valence-corrected chi connectivity index (χ0v) is 20.0. The quantitative estimate of drug-likeness (QED) is 0.574. The number of benzene rings is 2. The number of nitrogens with zero attached hydrogens (tertiary/aromatic N) is 4. The molecule has 5 rings (SSSR count). The highest BCUT2D eigenvalue weighted by Gasteiger charge is 2.22. The van der Waals surface area contributed by atoms with Crippen LogP contribution < -0.4 is 15.4 Å². The van der Waals surface area contributed by atoms with Crippen molar-refractivity contribution in [3.63, 3.8) is 0 Å². The van der Waals surface area contributed by atoms with E-state index in [1.54, 1.807) is 6.21 Å². The van der Waals surface area contributed by atoms with Gasteiger partial charge in [0.15, 0.2) is 0 Å². The summed E-state index contributed by atoms with van der Waals surface area (Å²) in [6.45, 7) is 8.43. The number of aromatic nitrogens is 1. The van der Waals surface area contributed by atoms with E-state index >= 15 is 0 Å². The summed E-state index contributed by atoms with van der Waals surface area (Å²) in [5.41, 5.74) is 4.37. The van der Waals surface area contributed by atoms with Crippen LogP contribution in [0, 0.1) is 0 Å². The number of allylic oxidation sites excluding steroid dienone is 1. The van der Waals surface area contributed by atoms with Crippen LogP contribution in [0.15, 0.2) is 64.0 Å². The van der Waals surface area contributed by atoms with Gasteiger partial charge in [0.2, 0.25) is 5.88 Å². The van der Waals surface area contributed by atoms with Gasteiger partial charge in [-0.3, -0.25) is 14.8 Å². The number of hydrogen-bond acceptors (Lipinski definition) is 6. The van der Waals surface area contributed by atoms with E-state index in [9.17, 15) is 9.90 Å². The third-order valence-corrected chi connectivity index (χ3v) is 6.94. The number of rotatable bonds is 4. The van der Waals surface area contributed by atoms with Crippen LogP contribution in [0.5, 0.6) is 5.88 Å². The molecule has 176 valence electrons. The number of aliphatic imine (C=N–C) groups is 1. The van der Waals surface area contributed by atoms with Gasteiger partial charge in [0.25, 0.3) is 5.56 Å². The highest BCUT2D eigenvalue weighted by atomic mass is 16.3. The minimum atomic E-state index is -0.311. The molecule has 0 spiro atoms. The third kappa shape index (κ3) is 4.19. The van der Waals surface area contributed by atoms with Crippen molar-refractivity contribution in [2.75, 3.05) is 43.0 Å². The number of pyridine rings is 1. The van der Waals surface area contributed by atoms with Crippen LogP contribution >= 0.6 is 0 Å². The Labute approximate surface area is 199 Å². The molecule has 3 aromatic rings. The van der Waals surface area contributed by atoms with Crippen molar-refractivity contribution in [2.24, 2.45) is 4.99 Å². The molecule has 1 saturated heterocycles. The first-order valence-corrected chi connectivity index (χ1v) is 11.8. The predicted octanol–water partition coefficient (Wildman–Crippen LogP) is 4.24. The second-order valence-electron chi connectivity index (χ2n) is 9.31. The number of piperazine rings is 1. The average molecular weight is 458 g/mol. The molecule has 0 saturated carbocycles. The Morgan fingerprint density at radius 2 is 1.74 bits per heavy atom. The van der Waals surface area contributed by atoms with E-state index < -0.39 is 0 Å². The molecular weight excluding hydrogens is 426 g/mol. The van der Waals surface area contributed by atoms with Gasteiger partial charge < -0.3 is 19.8 Å². The first-order chi connectivity index (χ1) is 16.4. The minimum absolute atomic E-state index is 0.172. The number of fused-ring (bicyclic) bond motifs is 1. The number of anilines is 2. The van der Waals surface area contributed by atoms with Crippen molar-refractivity contribution in [1.82, 2.24) is 9.88 Å². The molecule has 7 nitrogen and oxygen atoms in total. The summed E-state index contributed by atoms with van der Waals surface area (Å²) < 4.78 is 0. The van der Waals surface area contributed by atoms with Gasteiger partial charge in [-0.05, 0) is 69.8 Å². The summed E-state index contributed by atoms with van der Waals surface area (Å²) in [5, 5.41) is 11.8. The smallest absolute Gasteiger partial charge is 0.258 e. The van der Waals surface area contributed by atoms with Crippen molar-refractivity contribution in [1.29, 1.82) is 0 Å². The van der Waals surface area contributed by atoms with E-state index in [-0.39, 0.29) is 11.4 Å². The summed E-state index contributed by atoms with van der Waals surface area (Å²) in [5.74, 6) is -0.172. The van der Waals surface area contributed by atoms with Gasteiger partial charge in [0.1, 0.15) is 0 Å². The van der Waals surface area contributed by atoms with Gasteiger partial charge >= 0.3 is 0 Å². The molecule has 0 radical (unpaired) electrons. The molecule has 7 heteroatoms. The number of likely N-dealkylation sites (N-methyl/N-ethyl adjacent to an activating group) is 1. The standard InChI is InChI=1S/C27H31N5O2/c1-18-4-5-19(2)32(18)22-10-11-23-24(16-22)25(27(34)29-26(23)33)17-28-20-6-8-21(9-7-20)31-14-12-30(3)13-15-31/h4,6-11,16-17,19H,5,12-15H2,1-3H3,(H2,29,33,34). The molecule has 1 atom stereocenters. The molecule has 2 N–H and O–H groups in total. The number of aromatic amines is 1. The second-order valence-corrected chi connectivity index (χ2v) is 9.31. The topological polar surface area (TPSA) is 75.2 Å². The van der Waals surface area contributed by atoms with E-state index in [2.05, 4.69) is 63.8 Å². The Bertz CT molecular complexity index is 1320. The van der Waals surface area contributed by atoms with Crippen molar-refractivity contribution < 1.29 is 5.11 Å². The highest BCUT2D eigenvalue weighted by Crippen LogP contribution is 2.32. The molecule has 3 heterocycles. The molecule has 1 fully saturated rings. The Hall–Kier alpha value is -3.58. The molecule has 0 bridgehead atoms. The van der Waals surface area contributed by atoms with Crippen LogP contribution in [0.2, 0.25) is 0 Å². The van der Waals surface area contributed by atoms with Gasteiger partial charge in [-0.15, -0.1) is 0 Å². The van der Waals surface area contributed by atoms with Crippen LogP contribution in [0.1, 0.15) is 25.8 Å². The molecule has 2 aliphatic rings. The number of hydrogen-bond donors (Lipinski definition) is 2. The van der Waals surface area contributed by atoms with Crippen LogP contribution in [0.4, 0.5) is 17.1 Å². The fourth-order valence-corrected chi connectivity index (χ4v) is 4.91. The summed E-state index contributed by atoms with van der Waals surface area (Å²) >= 11 is 0. The molecule has 0 amide bonds. The molecular formula is C27H31N5O2. The van der Waals surface area contributed by atoms with E-state index in [1.807, 2.05) is 30.3 Å². The molecule has 0 aliphatic carbocycles. The van der Waals surface area contributed by atoms with Crippen molar-refractivity contribution in [3.8, 4) is 5.88 Å². The largest absolute Gasteiger partial charge is 0.494 e. The molecule has 34 heavy (non-hydrogen) atoms. The zero-order chi connectivity index (χ0) is 23.8. The van der Waals surface area contributed by atoms with E-state index in [0.717, 1.165) is 44.0 Å². The predicted molar refractivity (Wildman–Crippen MR) is 140 cm³/mol. The SMILES string of the molecule is CC1=CCC(C)N1c1ccc2c(=O)[nH]c(O)c(C=Nc3ccc(N4CCN(C)CC4)cc3)c2c1. The lowest BCUT2D eigenvalue weighted by molar-refractivity contribution is 0.313. The zero-order valence-electron chi connectivity index (χ0n) is 20.0. The third-order valence-electron chi connectivity index (χ3n) is 6.94. The highest BCUT2D eigenvalue weighted by molar-refractivity contribution is 6.03. The van der Waals surface area contributed by atoms with Crippen LogP contribution in [0.3, 0.4) is 0 Å². The lowest BCUT2D eigenvalue weighted by atomic mass is 10.1. The summed E-state index contributed by atoms with van der Waals surface area (Å²) in [6.07, 6.45) is 4.85. The maximum Gasteiger partial charge on any atom is 0.258 e. The Balaban J connectivity index is 1.46. The second kappa shape index (κ2) is 8.99. The normalized spacial score (nSPS) is 19.4. The molecule has 1 unspecified atom stereocenters. The van der Waals surface area contributed by atoms with Gasteiger partial charge in [0, 0.05) is 66.3 Å². The lowest BCUT2D eigenvalue weighted by Gasteiger charge is -2.34. The Kier molecular flexibility index (Phi) is 5.87. The summed E-state index contributed by atoms with van der Waals surface area (Å²) in [6, 6.07) is 14.3. The summed E-state index contributed by atoms with van der Waals surface area (Å²) in [7, 11) is 2.15. The van der Waals surface area contributed by atoms with E-state index in [4.69, 9.17) is 0 Å². The van der Waals surface area contributed by atoms with Crippen molar-refractivity contribution in [2.45, 2.75) is 26.3 Å². The lowest BCUT2D eigenvalue weighted by Crippen LogP contribution is -2.44. The first kappa shape index (κ1) is 22.2. The number of nitrogens with one attached hydrogen (secondary N) is 1. The van der Waals surface area contributed by atoms with Crippen LogP contribution in [-0.4, -0.2) is 60.5 Å². The average Bonchev–Trinajstić information content (AvgIpc) is 3.17. The summed E-state index contributed by atoms with van der Waals surface area (Å²) in [4.78, 5) is 26.6. The van der Waals surface area contributed by atoms with Crippen molar-refractivity contribution in [3.05, 3.63) is 70.2 Å². The van der Waals surface area contributed by atoms with Crippen LogP contribution in [-0.2, 0) is 0 Å². The van der Waals surface area contributed by atoms with E-state index in [1.165, 1.54) is 11.4 Å². The van der Waals surface area contributed by atoms with E-state index in [0.29, 0.717) is 22.4 Å². The fraction of sp³-hybridized carbons (Fsp3) is 0.333. The molecule has 2 aromatic carbocycles. The van der Waals surface area contributed by atoms with Gasteiger partial charge in [0.05, 0.1) is 11.3 Å². The number of aromatic hydroxyl groups is 1. The van der Waals surface area contributed by atoms with Crippen molar-refractivity contribution >= 4 is 34.0 Å². The minimum Gasteiger partial charge on any atom is -0.494 e. The van der Waals surface area contributed by atoms with Gasteiger partial charge in [-0.1, -0.05) is 6.08 Å². The number of H-pyrrole nitrogens is 1. The van der Waals surface area contributed by atoms with Gasteiger partial charge in [-0.2, -0.15) is 0 Å². The molecule has 1 aromatic heterocycles. The van der Waals surface area contributed by atoms with Gasteiger partial charge in [-0.25, -0.2) is 0 Å². The Morgan fingerprint density at radius 3 is 2.41 bits per heavy atom. The maximum atomic E-state index is 12.5. The first-order valence-electron chi connectivity index (χ1n) is 11.8.